The topological polar surface area (TPSA) is 143 Å². The number of hydrogen-bond acceptors (Lipinski definition) is 6. The van der Waals surface area contributed by atoms with Crippen LogP contribution in [0.25, 0.3) is 0 Å². The van der Waals surface area contributed by atoms with Crippen LogP contribution in [0.5, 0.6) is 5.75 Å². The number of nitrogens with one attached hydrogen (secondary N) is 3. The Hall–Kier alpha value is -5.48. The Morgan fingerprint density at radius 2 is 1.27 bits per heavy atom. The van der Waals surface area contributed by atoms with Crippen molar-refractivity contribution in [3.05, 3.63) is 125 Å². The first-order valence-electron chi connectivity index (χ1n) is 16.4. The van der Waals surface area contributed by atoms with Crippen molar-refractivity contribution >= 4 is 35.1 Å². The van der Waals surface area contributed by atoms with Crippen LogP contribution in [-0.2, 0) is 20.9 Å². The molecule has 10 nitrogen and oxygen atoms in total. The summed E-state index contributed by atoms with van der Waals surface area (Å²) in [7, 11) is 0. The summed E-state index contributed by atoms with van der Waals surface area (Å²) in [5.74, 6) is -1.17. The smallest absolute Gasteiger partial charge is 0.322 e. The summed E-state index contributed by atoms with van der Waals surface area (Å²) < 4.78 is 11.1. The van der Waals surface area contributed by atoms with Gasteiger partial charge in [-0.15, -0.1) is 0 Å². The third-order valence-electron chi connectivity index (χ3n) is 7.12. The highest BCUT2D eigenvalue weighted by atomic mass is 16.5. The van der Waals surface area contributed by atoms with E-state index in [1.54, 1.807) is 12.1 Å². The molecule has 0 aromatic heterocycles. The molecule has 3 amide bonds. The second-order valence-electron chi connectivity index (χ2n) is 11.3. The van der Waals surface area contributed by atoms with Gasteiger partial charge in [-0.1, -0.05) is 80.6 Å². The molecule has 0 spiro atoms. The molecule has 4 N–H and O–H groups in total. The average molecular weight is 668 g/mol. The van der Waals surface area contributed by atoms with Crippen molar-refractivity contribution in [1.29, 1.82) is 0 Å². The first-order chi connectivity index (χ1) is 23.7. The molecule has 0 atom stereocenters. The maximum Gasteiger partial charge on any atom is 0.322 e. The molecular formula is C39H45N3O7. The van der Waals surface area contributed by atoms with Gasteiger partial charge in [-0.25, -0.2) is 0 Å². The van der Waals surface area contributed by atoms with Gasteiger partial charge in [0.25, 0.3) is 11.8 Å². The molecule has 0 aliphatic rings. The SMILES string of the molecule is CCCCCCCOc1ccc(NC(=O)c2ccc(C)cc2)cc1.O=C(O)CNC(=O)c1ccc(NC(=O)COCc2ccccc2)cc1. The van der Waals surface area contributed by atoms with Gasteiger partial charge in [0, 0.05) is 22.5 Å². The summed E-state index contributed by atoms with van der Waals surface area (Å²) in [5.41, 5.74) is 4.38. The summed E-state index contributed by atoms with van der Waals surface area (Å²) in [6, 6.07) is 30.7. The Bertz CT molecular complexity index is 1590. The standard InChI is InChI=1S/C21H27NO2.C18H18N2O5/c1-3-4-5-6-7-16-24-20-14-12-19(13-15-20)22-21(23)18-10-8-17(2)9-11-18;21-16(12-25-11-13-4-2-1-3-5-13)20-15-8-6-14(7-9-15)18(24)19-10-17(22)23/h8-15H,3-7,16H2,1-2H3,(H,22,23);1-9H,10-12H2,(H,19,24)(H,20,21)(H,22,23). The van der Waals surface area contributed by atoms with Gasteiger partial charge in [-0.05, 0) is 79.6 Å². The fourth-order valence-electron chi connectivity index (χ4n) is 4.43. The van der Waals surface area contributed by atoms with Crippen molar-refractivity contribution in [3.63, 3.8) is 0 Å². The lowest BCUT2D eigenvalue weighted by atomic mass is 10.1. The molecule has 0 aliphatic carbocycles. The Labute approximate surface area is 287 Å². The summed E-state index contributed by atoms with van der Waals surface area (Å²) in [6.45, 7) is 4.78. The lowest BCUT2D eigenvalue weighted by Crippen LogP contribution is -2.29. The van der Waals surface area contributed by atoms with Crippen LogP contribution in [0, 0.1) is 6.92 Å². The molecule has 0 saturated heterocycles. The molecular weight excluding hydrogens is 622 g/mol. The van der Waals surface area contributed by atoms with Crippen LogP contribution >= 0.6 is 0 Å². The average Bonchev–Trinajstić information content (AvgIpc) is 3.11. The summed E-state index contributed by atoms with van der Waals surface area (Å²) in [5, 5.41) is 16.3. The van der Waals surface area contributed by atoms with E-state index < -0.39 is 18.4 Å². The van der Waals surface area contributed by atoms with Crippen molar-refractivity contribution < 1.29 is 33.8 Å². The van der Waals surface area contributed by atoms with Gasteiger partial charge >= 0.3 is 5.97 Å². The Kier molecular flexibility index (Phi) is 16.6. The van der Waals surface area contributed by atoms with Gasteiger partial charge < -0.3 is 30.5 Å². The minimum Gasteiger partial charge on any atom is -0.494 e. The van der Waals surface area contributed by atoms with Gasteiger partial charge in [-0.3, -0.25) is 19.2 Å². The highest BCUT2D eigenvalue weighted by molar-refractivity contribution is 6.04. The van der Waals surface area contributed by atoms with E-state index in [0.29, 0.717) is 23.4 Å². The van der Waals surface area contributed by atoms with E-state index in [0.717, 1.165) is 35.6 Å². The van der Waals surface area contributed by atoms with E-state index in [2.05, 4.69) is 22.9 Å². The highest BCUT2D eigenvalue weighted by Crippen LogP contribution is 2.17. The Morgan fingerprint density at radius 3 is 1.92 bits per heavy atom. The maximum atomic E-state index is 12.2. The molecule has 0 radical (unpaired) electrons. The van der Waals surface area contributed by atoms with Crippen LogP contribution in [0.4, 0.5) is 11.4 Å². The van der Waals surface area contributed by atoms with E-state index >= 15 is 0 Å². The Balaban J connectivity index is 0.000000266. The van der Waals surface area contributed by atoms with Gasteiger partial charge in [0.05, 0.1) is 13.2 Å². The molecule has 10 heteroatoms. The van der Waals surface area contributed by atoms with E-state index in [1.807, 2.05) is 85.8 Å². The van der Waals surface area contributed by atoms with Crippen LogP contribution in [0.2, 0.25) is 0 Å². The van der Waals surface area contributed by atoms with E-state index in [4.69, 9.17) is 14.6 Å². The van der Waals surface area contributed by atoms with Crippen LogP contribution in [-0.4, -0.2) is 48.6 Å². The monoisotopic (exact) mass is 667 g/mol. The number of aliphatic carboxylic acids is 1. The largest absolute Gasteiger partial charge is 0.494 e. The zero-order valence-electron chi connectivity index (χ0n) is 28.1. The maximum absolute atomic E-state index is 12.2. The fraction of sp³-hybridized carbons (Fsp3) is 0.282. The van der Waals surface area contributed by atoms with Crippen LogP contribution in [0.3, 0.4) is 0 Å². The molecule has 0 saturated carbocycles. The van der Waals surface area contributed by atoms with Crippen molar-refractivity contribution in [1.82, 2.24) is 5.32 Å². The second kappa shape index (κ2) is 21.4. The number of carboxylic acid groups (broad SMARTS) is 1. The van der Waals surface area contributed by atoms with E-state index in [1.165, 1.54) is 37.8 Å². The molecule has 0 unspecified atom stereocenters. The number of unbranched alkanes of at least 4 members (excludes halogenated alkanes) is 4. The van der Waals surface area contributed by atoms with Crippen molar-refractivity contribution in [2.45, 2.75) is 52.6 Å². The number of carbonyl (C=O) groups is 4. The predicted molar refractivity (Wildman–Crippen MR) is 191 cm³/mol. The van der Waals surface area contributed by atoms with Crippen molar-refractivity contribution in [2.24, 2.45) is 0 Å². The first-order valence-corrected chi connectivity index (χ1v) is 16.4. The minimum atomic E-state index is -1.12. The van der Waals surface area contributed by atoms with E-state index in [9.17, 15) is 19.2 Å². The molecule has 49 heavy (non-hydrogen) atoms. The molecule has 0 heterocycles. The number of benzene rings is 4. The van der Waals surface area contributed by atoms with E-state index in [-0.39, 0.29) is 18.4 Å². The summed E-state index contributed by atoms with van der Waals surface area (Å²) >= 11 is 0. The number of carbonyl (C=O) groups excluding carboxylic acids is 3. The lowest BCUT2D eigenvalue weighted by molar-refractivity contribution is -0.135. The predicted octanol–water partition coefficient (Wildman–Crippen LogP) is 7.25. The number of anilines is 2. The third kappa shape index (κ3) is 15.3. The highest BCUT2D eigenvalue weighted by Gasteiger charge is 2.09. The lowest BCUT2D eigenvalue weighted by Gasteiger charge is -2.08. The fourth-order valence-corrected chi connectivity index (χ4v) is 4.43. The number of hydrogen-bond donors (Lipinski definition) is 4. The normalized spacial score (nSPS) is 10.2. The zero-order valence-corrected chi connectivity index (χ0v) is 28.1. The Morgan fingerprint density at radius 1 is 0.673 bits per heavy atom. The minimum absolute atomic E-state index is 0.0876. The number of aryl methyl sites for hydroxylation is 1. The molecule has 258 valence electrons. The van der Waals surface area contributed by atoms with Crippen molar-refractivity contribution in [2.75, 3.05) is 30.4 Å². The number of ether oxygens (including phenoxy) is 2. The van der Waals surface area contributed by atoms with Crippen molar-refractivity contribution in [3.8, 4) is 5.75 Å². The molecule has 4 aromatic carbocycles. The third-order valence-corrected chi connectivity index (χ3v) is 7.12. The molecule has 0 aliphatic heterocycles. The van der Waals surface area contributed by atoms with Crippen LogP contribution < -0.4 is 20.7 Å². The quantitative estimate of drug-likeness (QED) is 0.0869. The van der Waals surface area contributed by atoms with Gasteiger partial charge in [-0.2, -0.15) is 0 Å². The number of rotatable bonds is 17. The number of amides is 3. The summed E-state index contributed by atoms with van der Waals surface area (Å²) in [4.78, 5) is 46.1. The van der Waals surface area contributed by atoms with Gasteiger partial charge in [0.15, 0.2) is 0 Å². The first kappa shape index (κ1) is 38.0. The molecule has 0 bridgehead atoms. The summed E-state index contributed by atoms with van der Waals surface area (Å²) in [6.07, 6.45) is 6.15. The van der Waals surface area contributed by atoms with Crippen LogP contribution in [0.1, 0.15) is 70.9 Å². The second-order valence-corrected chi connectivity index (χ2v) is 11.3. The molecule has 0 fully saturated rings. The molecule has 4 rings (SSSR count). The molecule has 4 aromatic rings. The van der Waals surface area contributed by atoms with Gasteiger partial charge in [0.1, 0.15) is 18.9 Å². The number of carboxylic acids is 1. The zero-order chi connectivity index (χ0) is 35.3. The van der Waals surface area contributed by atoms with Gasteiger partial charge in [0.2, 0.25) is 5.91 Å². The van der Waals surface area contributed by atoms with Crippen LogP contribution in [0.15, 0.2) is 103 Å².